The first kappa shape index (κ1) is 15.9. The molecule has 0 heterocycles. The summed E-state index contributed by atoms with van der Waals surface area (Å²) in [6.07, 6.45) is 0.464. The van der Waals surface area contributed by atoms with Gasteiger partial charge in [-0.05, 0) is 25.1 Å². The zero-order valence-corrected chi connectivity index (χ0v) is 11.9. The van der Waals surface area contributed by atoms with Crippen molar-refractivity contribution in [3.05, 3.63) is 33.9 Å². The van der Waals surface area contributed by atoms with E-state index in [2.05, 4.69) is 16.3 Å². The molecule has 1 aromatic carbocycles. The Morgan fingerprint density at radius 3 is 2.75 bits per heavy atom. The number of nitro groups is 1. The number of anilines is 1. The minimum atomic E-state index is -0.368. The lowest BCUT2D eigenvalue weighted by Crippen LogP contribution is -2.23. The van der Waals surface area contributed by atoms with E-state index < -0.39 is 0 Å². The topological polar surface area (TPSA) is 82.2 Å². The second-order valence-electron chi connectivity index (χ2n) is 4.42. The molecule has 6 heteroatoms. The van der Waals surface area contributed by atoms with Gasteiger partial charge in [0.1, 0.15) is 5.69 Å². The first-order valence-electron chi connectivity index (χ1n) is 6.72. The summed E-state index contributed by atoms with van der Waals surface area (Å²) in [6.45, 7) is 6.66. The average molecular weight is 276 g/mol. The Morgan fingerprint density at radius 2 is 2.20 bits per heavy atom. The maximum Gasteiger partial charge on any atom is 0.292 e. The molecular formula is C14H20N4O2. The zero-order chi connectivity index (χ0) is 15.0. The molecule has 0 bridgehead atoms. The summed E-state index contributed by atoms with van der Waals surface area (Å²) in [7, 11) is 0. The summed E-state index contributed by atoms with van der Waals surface area (Å²) in [4.78, 5) is 12.8. The molecule has 0 fully saturated rings. The van der Waals surface area contributed by atoms with Gasteiger partial charge in [0.2, 0.25) is 0 Å². The molecule has 0 aliphatic rings. The van der Waals surface area contributed by atoms with Crippen LogP contribution in [0, 0.1) is 21.4 Å². The van der Waals surface area contributed by atoms with E-state index in [1.54, 1.807) is 12.1 Å². The molecule has 0 radical (unpaired) electrons. The Kier molecular flexibility index (Phi) is 6.47. The molecule has 1 N–H and O–H groups in total. The minimum Gasteiger partial charge on any atom is -0.380 e. The fraction of sp³-hybridized carbons (Fsp3) is 0.500. The Bertz CT molecular complexity index is 496. The largest absolute Gasteiger partial charge is 0.380 e. The van der Waals surface area contributed by atoms with Gasteiger partial charge in [-0.15, -0.1) is 0 Å². The summed E-state index contributed by atoms with van der Waals surface area (Å²) < 4.78 is 0. The van der Waals surface area contributed by atoms with Gasteiger partial charge in [-0.3, -0.25) is 15.0 Å². The van der Waals surface area contributed by atoms with E-state index in [4.69, 9.17) is 5.26 Å². The van der Waals surface area contributed by atoms with Gasteiger partial charge in [0.05, 0.1) is 11.0 Å². The van der Waals surface area contributed by atoms with E-state index in [1.807, 2.05) is 19.9 Å². The number of nitrogens with zero attached hydrogens (tertiary/aromatic N) is 3. The lowest BCUT2D eigenvalue weighted by atomic mass is 10.1. The molecule has 0 aliphatic heterocycles. The summed E-state index contributed by atoms with van der Waals surface area (Å²) in [5.74, 6) is 0. The number of nitriles is 1. The van der Waals surface area contributed by atoms with Crippen molar-refractivity contribution in [2.24, 2.45) is 0 Å². The van der Waals surface area contributed by atoms with Crippen LogP contribution in [-0.2, 0) is 6.54 Å². The Labute approximate surface area is 119 Å². The first-order chi connectivity index (χ1) is 9.62. The maximum atomic E-state index is 11.1. The number of benzene rings is 1. The molecule has 0 aromatic heterocycles. The number of rotatable bonds is 8. The van der Waals surface area contributed by atoms with E-state index in [9.17, 15) is 10.1 Å². The Morgan fingerprint density at radius 1 is 1.45 bits per heavy atom. The Hall–Kier alpha value is -2.13. The minimum absolute atomic E-state index is 0.0979. The fourth-order valence-corrected chi connectivity index (χ4v) is 1.98. The van der Waals surface area contributed by atoms with Crippen molar-refractivity contribution >= 4 is 11.4 Å². The highest BCUT2D eigenvalue weighted by Crippen LogP contribution is 2.26. The summed E-state index contributed by atoms with van der Waals surface area (Å²) in [5, 5.41) is 22.7. The van der Waals surface area contributed by atoms with Crippen LogP contribution in [0.3, 0.4) is 0 Å². The zero-order valence-electron chi connectivity index (χ0n) is 11.9. The van der Waals surface area contributed by atoms with Gasteiger partial charge in [0.15, 0.2) is 0 Å². The van der Waals surface area contributed by atoms with Crippen molar-refractivity contribution in [1.82, 2.24) is 4.90 Å². The number of hydrogen-bond acceptors (Lipinski definition) is 5. The third kappa shape index (κ3) is 4.52. The highest BCUT2D eigenvalue weighted by atomic mass is 16.6. The van der Waals surface area contributed by atoms with Gasteiger partial charge in [-0.25, -0.2) is 0 Å². The van der Waals surface area contributed by atoms with E-state index >= 15 is 0 Å². The highest BCUT2D eigenvalue weighted by molar-refractivity contribution is 5.62. The van der Waals surface area contributed by atoms with Crippen LogP contribution in [-0.4, -0.2) is 29.5 Å². The first-order valence-corrected chi connectivity index (χ1v) is 6.72. The van der Waals surface area contributed by atoms with Crippen LogP contribution in [0.15, 0.2) is 18.2 Å². The van der Waals surface area contributed by atoms with Gasteiger partial charge < -0.3 is 5.32 Å². The lowest BCUT2D eigenvalue weighted by Gasteiger charge is -2.19. The van der Waals surface area contributed by atoms with Crippen molar-refractivity contribution in [2.75, 3.05) is 25.0 Å². The molecule has 1 aromatic rings. The quantitative estimate of drug-likeness (QED) is 0.583. The van der Waals surface area contributed by atoms with Crippen molar-refractivity contribution < 1.29 is 4.92 Å². The highest BCUT2D eigenvalue weighted by Gasteiger charge is 2.15. The standard InChI is InChI=1S/C14H20N4O2/c1-3-16-13-7-6-12(10-14(13)18(19)20)11-17(4-2)9-5-8-15/h6-7,10,16H,3-5,9,11H2,1-2H3. The third-order valence-corrected chi connectivity index (χ3v) is 3.02. The SMILES string of the molecule is CCNc1ccc(CN(CC)CCC#N)cc1[N+](=O)[O-]. The predicted octanol–water partition coefficient (Wildman–Crippen LogP) is 2.76. The van der Waals surface area contributed by atoms with E-state index in [0.717, 1.165) is 12.1 Å². The Balaban J connectivity index is 2.88. The summed E-state index contributed by atoms with van der Waals surface area (Å²) >= 11 is 0. The predicted molar refractivity (Wildman–Crippen MR) is 78.4 cm³/mol. The molecule has 0 spiro atoms. The van der Waals surface area contributed by atoms with Crippen LogP contribution >= 0.6 is 0 Å². The monoisotopic (exact) mass is 276 g/mol. The summed E-state index contributed by atoms with van der Waals surface area (Å²) in [6, 6.07) is 7.35. The molecular weight excluding hydrogens is 256 g/mol. The summed E-state index contributed by atoms with van der Waals surface area (Å²) in [5.41, 5.74) is 1.53. The van der Waals surface area contributed by atoms with Gasteiger partial charge in [-0.1, -0.05) is 13.0 Å². The molecule has 20 heavy (non-hydrogen) atoms. The van der Waals surface area contributed by atoms with Gasteiger partial charge in [0, 0.05) is 32.1 Å². The molecule has 6 nitrogen and oxygen atoms in total. The number of nitro benzene ring substituents is 1. The van der Waals surface area contributed by atoms with Crippen LogP contribution in [0.4, 0.5) is 11.4 Å². The van der Waals surface area contributed by atoms with Crippen LogP contribution < -0.4 is 5.32 Å². The smallest absolute Gasteiger partial charge is 0.292 e. The van der Waals surface area contributed by atoms with Crippen LogP contribution in [0.5, 0.6) is 0 Å². The molecule has 108 valence electrons. The van der Waals surface area contributed by atoms with Crippen molar-refractivity contribution in [2.45, 2.75) is 26.8 Å². The van der Waals surface area contributed by atoms with Gasteiger partial charge in [-0.2, -0.15) is 5.26 Å². The third-order valence-electron chi connectivity index (χ3n) is 3.02. The molecule has 0 saturated heterocycles. The normalized spacial score (nSPS) is 10.3. The van der Waals surface area contributed by atoms with Gasteiger partial charge in [0.25, 0.3) is 5.69 Å². The maximum absolute atomic E-state index is 11.1. The van der Waals surface area contributed by atoms with E-state index in [0.29, 0.717) is 31.7 Å². The van der Waals surface area contributed by atoms with Crippen molar-refractivity contribution in [3.63, 3.8) is 0 Å². The number of nitrogens with one attached hydrogen (secondary N) is 1. The van der Waals surface area contributed by atoms with E-state index in [1.165, 1.54) is 0 Å². The van der Waals surface area contributed by atoms with Crippen LogP contribution in [0.1, 0.15) is 25.8 Å². The second-order valence-corrected chi connectivity index (χ2v) is 4.42. The molecule has 0 atom stereocenters. The lowest BCUT2D eigenvalue weighted by molar-refractivity contribution is -0.384. The van der Waals surface area contributed by atoms with Crippen molar-refractivity contribution in [1.29, 1.82) is 5.26 Å². The molecule has 0 amide bonds. The number of hydrogen-bond donors (Lipinski definition) is 1. The fourth-order valence-electron chi connectivity index (χ4n) is 1.98. The second kappa shape index (κ2) is 8.12. The van der Waals surface area contributed by atoms with Gasteiger partial charge >= 0.3 is 0 Å². The van der Waals surface area contributed by atoms with Crippen LogP contribution in [0.2, 0.25) is 0 Å². The van der Waals surface area contributed by atoms with Crippen molar-refractivity contribution in [3.8, 4) is 6.07 Å². The van der Waals surface area contributed by atoms with Crippen LogP contribution in [0.25, 0.3) is 0 Å². The molecule has 0 unspecified atom stereocenters. The average Bonchev–Trinajstić information content (AvgIpc) is 2.44. The molecule has 1 rings (SSSR count). The van der Waals surface area contributed by atoms with E-state index in [-0.39, 0.29) is 10.6 Å². The molecule has 0 aliphatic carbocycles. The molecule has 0 saturated carbocycles.